The molecule has 0 atom stereocenters. The molecule has 0 spiro atoms. The number of ether oxygens (including phenoxy) is 2. The maximum absolute atomic E-state index is 11.0. The molecule has 0 aliphatic carbocycles. The van der Waals surface area contributed by atoms with E-state index in [9.17, 15) is 15.4 Å². The third kappa shape index (κ3) is 5.74. The number of benzene rings is 3. The summed E-state index contributed by atoms with van der Waals surface area (Å²) in [5.41, 5.74) is 3.93. The van der Waals surface area contributed by atoms with Crippen molar-refractivity contribution < 1.29 is 14.4 Å². The van der Waals surface area contributed by atoms with Gasteiger partial charge in [-0.1, -0.05) is 57.9 Å². The van der Waals surface area contributed by atoms with Crippen molar-refractivity contribution in [2.24, 2.45) is 0 Å². The average Bonchev–Trinajstić information content (AvgIpc) is 2.79. The van der Waals surface area contributed by atoms with Crippen LogP contribution >= 0.6 is 15.9 Å². The highest BCUT2D eigenvalue weighted by Crippen LogP contribution is 2.36. The third-order valence-electron chi connectivity index (χ3n) is 4.66. The minimum absolute atomic E-state index is 0.0120. The van der Waals surface area contributed by atoms with Crippen molar-refractivity contribution in [1.29, 1.82) is 5.26 Å². The van der Waals surface area contributed by atoms with E-state index in [4.69, 9.17) is 9.47 Å². The van der Waals surface area contributed by atoms with Crippen LogP contribution in [0, 0.1) is 28.4 Å². The minimum atomic E-state index is -0.437. The summed E-state index contributed by atoms with van der Waals surface area (Å²) in [6.45, 7) is 4.45. The smallest absolute Gasteiger partial charge is 0.269 e. The molecule has 0 saturated heterocycles. The van der Waals surface area contributed by atoms with Gasteiger partial charge in [-0.2, -0.15) is 5.26 Å². The SMILES string of the molecule is CCOc1cc(/C=C(/C#N)c2ccc(C)cc2)c(Br)cc1OCc1cccc([N+](=O)[O-])c1. The Balaban J connectivity index is 1.90. The van der Waals surface area contributed by atoms with Crippen molar-refractivity contribution in [3.05, 3.63) is 97.5 Å². The average molecular weight is 493 g/mol. The third-order valence-corrected chi connectivity index (χ3v) is 5.35. The quantitative estimate of drug-likeness (QED) is 0.151. The molecule has 162 valence electrons. The van der Waals surface area contributed by atoms with Gasteiger partial charge in [0.05, 0.1) is 23.2 Å². The van der Waals surface area contributed by atoms with Gasteiger partial charge in [-0.25, -0.2) is 0 Å². The maximum atomic E-state index is 11.0. The highest BCUT2D eigenvalue weighted by molar-refractivity contribution is 9.10. The monoisotopic (exact) mass is 492 g/mol. The van der Waals surface area contributed by atoms with Crippen molar-refractivity contribution >= 4 is 33.3 Å². The number of nitro groups is 1. The van der Waals surface area contributed by atoms with Gasteiger partial charge in [-0.3, -0.25) is 10.1 Å². The van der Waals surface area contributed by atoms with Gasteiger partial charge in [-0.05, 0) is 48.7 Å². The molecule has 0 aliphatic rings. The molecular formula is C25H21BrN2O4. The molecule has 0 N–H and O–H groups in total. The molecule has 0 saturated carbocycles. The van der Waals surface area contributed by atoms with Crippen LogP contribution in [0.2, 0.25) is 0 Å². The molecule has 3 rings (SSSR count). The second-order valence-corrected chi connectivity index (χ2v) is 7.86. The van der Waals surface area contributed by atoms with E-state index in [1.807, 2.05) is 44.2 Å². The molecule has 0 heterocycles. The van der Waals surface area contributed by atoms with E-state index in [1.54, 1.807) is 24.3 Å². The topological polar surface area (TPSA) is 85.4 Å². The van der Waals surface area contributed by atoms with Gasteiger partial charge < -0.3 is 9.47 Å². The number of halogens is 1. The first kappa shape index (κ1) is 23.0. The Morgan fingerprint density at radius 1 is 1.12 bits per heavy atom. The summed E-state index contributed by atoms with van der Waals surface area (Å²) < 4.78 is 12.4. The van der Waals surface area contributed by atoms with Crippen LogP contribution in [0.4, 0.5) is 5.69 Å². The molecule has 6 nitrogen and oxygen atoms in total. The number of aryl methyl sites for hydroxylation is 1. The Morgan fingerprint density at radius 3 is 2.50 bits per heavy atom. The highest BCUT2D eigenvalue weighted by atomic mass is 79.9. The number of nitro benzene ring substituents is 1. The van der Waals surface area contributed by atoms with E-state index in [0.29, 0.717) is 29.2 Å². The van der Waals surface area contributed by atoms with Crippen molar-refractivity contribution in [2.75, 3.05) is 6.61 Å². The minimum Gasteiger partial charge on any atom is -0.490 e. The Labute approximate surface area is 195 Å². The lowest BCUT2D eigenvalue weighted by Crippen LogP contribution is -2.01. The fourth-order valence-electron chi connectivity index (χ4n) is 3.03. The van der Waals surface area contributed by atoms with Crippen LogP contribution in [0.25, 0.3) is 11.6 Å². The standard InChI is InChI=1S/C25H21BrN2O4/c1-3-31-24-13-20(12-21(15-27)19-9-7-17(2)8-10-19)23(26)14-25(24)32-16-18-5-4-6-22(11-18)28(29)30/h4-14H,3,16H2,1-2H3/b21-12-. The highest BCUT2D eigenvalue weighted by Gasteiger charge is 2.13. The molecule has 0 radical (unpaired) electrons. The van der Waals surface area contributed by atoms with Gasteiger partial charge in [-0.15, -0.1) is 0 Å². The van der Waals surface area contributed by atoms with Crippen molar-refractivity contribution in [3.8, 4) is 17.6 Å². The van der Waals surface area contributed by atoms with Crippen LogP contribution < -0.4 is 9.47 Å². The predicted molar refractivity (Wildman–Crippen MR) is 127 cm³/mol. The van der Waals surface area contributed by atoms with Crippen LogP contribution in [0.3, 0.4) is 0 Å². The van der Waals surface area contributed by atoms with Gasteiger partial charge in [0.15, 0.2) is 11.5 Å². The first-order valence-electron chi connectivity index (χ1n) is 9.92. The Bertz CT molecular complexity index is 1200. The zero-order valence-electron chi connectivity index (χ0n) is 17.7. The molecule has 3 aromatic rings. The second-order valence-electron chi connectivity index (χ2n) is 7.00. The number of allylic oxidation sites excluding steroid dienone is 1. The number of hydrogen-bond acceptors (Lipinski definition) is 5. The fraction of sp³-hybridized carbons (Fsp3) is 0.160. The summed E-state index contributed by atoms with van der Waals surface area (Å²) in [7, 11) is 0. The summed E-state index contributed by atoms with van der Waals surface area (Å²) in [6, 6.07) is 19.9. The number of non-ortho nitro benzene ring substituents is 1. The number of rotatable bonds is 8. The van der Waals surface area contributed by atoms with E-state index in [-0.39, 0.29) is 12.3 Å². The first-order chi connectivity index (χ1) is 15.4. The van der Waals surface area contributed by atoms with Crippen molar-refractivity contribution in [1.82, 2.24) is 0 Å². The zero-order valence-corrected chi connectivity index (χ0v) is 19.3. The van der Waals surface area contributed by atoms with Gasteiger partial charge >= 0.3 is 0 Å². The van der Waals surface area contributed by atoms with E-state index in [2.05, 4.69) is 22.0 Å². The number of nitrogens with zero attached hydrogens (tertiary/aromatic N) is 2. The first-order valence-corrected chi connectivity index (χ1v) is 10.7. The summed E-state index contributed by atoms with van der Waals surface area (Å²) in [5.74, 6) is 1.02. The van der Waals surface area contributed by atoms with Crippen LogP contribution in [-0.4, -0.2) is 11.5 Å². The number of nitriles is 1. The fourth-order valence-corrected chi connectivity index (χ4v) is 3.47. The molecule has 0 bridgehead atoms. The lowest BCUT2D eigenvalue weighted by Gasteiger charge is -2.14. The van der Waals surface area contributed by atoms with E-state index in [1.165, 1.54) is 12.1 Å². The maximum Gasteiger partial charge on any atom is 0.269 e. The summed E-state index contributed by atoms with van der Waals surface area (Å²) in [5, 5.41) is 20.7. The van der Waals surface area contributed by atoms with E-state index < -0.39 is 4.92 Å². The van der Waals surface area contributed by atoms with Crippen molar-refractivity contribution in [3.63, 3.8) is 0 Å². The molecule has 0 aromatic heterocycles. The molecule has 7 heteroatoms. The molecule has 0 fully saturated rings. The van der Waals surface area contributed by atoms with Crippen LogP contribution in [0.15, 0.2) is 65.1 Å². The Kier molecular flexibility index (Phi) is 7.63. The molecule has 0 amide bonds. The van der Waals surface area contributed by atoms with Crippen LogP contribution in [0.5, 0.6) is 11.5 Å². The lowest BCUT2D eigenvalue weighted by molar-refractivity contribution is -0.384. The van der Waals surface area contributed by atoms with Gasteiger partial charge in [0.1, 0.15) is 6.61 Å². The Hall–Kier alpha value is -3.63. The van der Waals surface area contributed by atoms with Gasteiger partial charge in [0, 0.05) is 16.6 Å². The van der Waals surface area contributed by atoms with Crippen molar-refractivity contribution in [2.45, 2.75) is 20.5 Å². The lowest BCUT2D eigenvalue weighted by atomic mass is 10.0. The molecule has 3 aromatic carbocycles. The van der Waals surface area contributed by atoms with Crippen LogP contribution in [0.1, 0.15) is 29.2 Å². The zero-order chi connectivity index (χ0) is 23.1. The van der Waals surface area contributed by atoms with Gasteiger partial charge in [0.2, 0.25) is 0 Å². The molecule has 0 unspecified atom stereocenters. The van der Waals surface area contributed by atoms with Crippen LogP contribution in [-0.2, 0) is 6.61 Å². The largest absolute Gasteiger partial charge is 0.490 e. The summed E-state index contributed by atoms with van der Waals surface area (Å²) in [6.07, 6.45) is 1.79. The summed E-state index contributed by atoms with van der Waals surface area (Å²) in [4.78, 5) is 10.6. The predicted octanol–water partition coefficient (Wildman–Crippen LogP) is 6.71. The second kappa shape index (κ2) is 10.6. The molecular weight excluding hydrogens is 472 g/mol. The Morgan fingerprint density at radius 2 is 1.84 bits per heavy atom. The van der Waals surface area contributed by atoms with Gasteiger partial charge in [0.25, 0.3) is 5.69 Å². The summed E-state index contributed by atoms with van der Waals surface area (Å²) >= 11 is 3.55. The van der Waals surface area contributed by atoms with E-state index in [0.717, 1.165) is 21.2 Å². The molecule has 0 aliphatic heterocycles. The number of hydrogen-bond donors (Lipinski definition) is 0. The normalized spacial score (nSPS) is 11.0. The van der Waals surface area contributed by atoms with E-state index >= 15 is 0 Å². The molecule has 32 heavy (non-hydrogen) atoms.